The van der Waals surface area contributed by atoms with Crippen molar-refractivity contribution in [2.75, 3.05) is 5.73 Å². The van der Waals surface area contributed by atoms with Gasteiger partial charge in [-0.25, -0.2) is 4.98 Å². The normalized spacial score (nSPS) is 11.0. The third-order valence-electron chi connectivity index (χ3n) is 2.70. The molecule has 1 aromatic heterocycles. The largest absolute Gasteiger partial charge is 0.397 e. The van der Waals surface area contributed by atoms with Crippen LogP contribution in [0, 0.1) is 3.57 Å². The molecule has 1 heterocycles. The van der Waals surface area contributed by atoms with Crippen LogP contribution in [0.3, 0.4) is 0 Å². The van der Waals surface area contributed by atoms with Crippen LogP contribution in [0.2, 0.25) is 5.02 Å². The van der Waals surface area contributed by atoms with Crippen LogP contribution in [0.15, 0.2) is 36.4 Å². The Kier molecular flexibility index (Phi) is 2.91. The summed E-state index contributed by atoms with van der Waals surface area (Å²) >= 11 is 8.24. The summed E-state index contributed by atoms with van der Waals surface area (Å²) in [4.78, 5) is 7.75. The first-order chi connectivity index (χ1) is 8.63. The van der Waals surface area contributed by atoms with Gasteiger partial charge in [0.05, 0.1) is 11.2 Å². The van der Waals surface area contributed by atoms with E-state index in [-0.39, 0.29) is 0 Å². The summed E-state index contributed by atoms with van der Waals surface area (Å²) in [6, 6.07) is 11.7. The van der Waals surface area contributed by atoms with Crippen LogP contribution in [0.4, 0.5) is 5.69 Å². The summed E-state index contributed by atoms with van der Waals surface area (Å²) < 4.78 is 1.19. The molecule has 0 aliphatic rings. The zero-order chi connectivity index (χ0) is 12.7. The van der Waals surface area contributed by atoms with Gasteiger partial charge in [0, 0.05) is 14.2 Å². The monoisotopic (exact) mass is 369 g/mol. The van der Waals surface area contributed by atoms with Crippen molar-refractivity contribution in [2.24, 2.45) is 0 Å². The molecule has 0 fully saturated rings. The quantitative estimate of drug-likeness (QED) is 0.502. The number of imidazole rings is 1. The van der Waals surface area contributed by atoms with Crippen LogP contribution in [0.1, 0.15) is 0 Å². The zero-order valence-corrected chi connectivity index (χ0v) is 12.2. The first kappa shape index (κ1) is 11.8. The maximum absolute atomic E-state index is 5.97. The van der Waals surface area contributed by atoms with Gasteiger partial charge in [-0.05, 0) is 46.9 Å². The van der Waals surface area contributed by atoms with Gasteiger partial charge in [-0.2, -0.15) is 0 Å². The van der Waals surface area contributed by atoms with Gasteiger partial charge in [-0.3, -0.25) is 0 Å². The Balaban J connectivity index is 2.19. The van der Waals surface area contributed by atoms with E-state index in [9.17, 15) is 0 Å². The van der Waals surface area contributed by atoms with Gasteiger partial charge in [-0.15, -0.1) is 0 Å². The molecule has 0 radical (unpaired) electrons. The Morgan fingerprint density at radius 3 is 2.61 bits per heavy atom. The summed E-state index contributed by atoms with van der Waals surface area (Å²) in [5, 5.41) is 0.609. The molecule has 3 rings (SSSR count). The Morgan fingerprint density at radius 2 is 1.89 bits per heavy atom. The highest BCUT2D eigenvalue weighted by atomic mass is 127. The lowest BCUT2D eigenvalue weighted by molar-refractivity contribution is 1.33. The minimum atomic E-state index is 0.588. The number of aromatic nitrogens is 2. The van der Waals surface area contributed by atoms with E-state index >= 15 is 0 Å². The molecule has 2 aromatic carbocycles. The molecular weight excluding hydrogens is 361 g/mol. The lowest BCUT2D eigenvalue weighted by Crippen LogP contribution is -1.86. The molecule has 90 valence electrons. The van der Waals surface area contributed by atoms with Crippen LogP contribution in [-0.4, -0.2) is 9.97 Å². The second kappa shape index (κ2) is 4.44. The van der Waals surface area contributed by atoms with E-state index < -0.39 is 0 Å². The smallest absolute Gasteiger partial charge is 0.138 e. The van der Waals surface area contributed by atoms with Crippen LogP contribution in [-0.2, 0) is 0 Å². The molecule has 3 aromatic rings. The number of benzene rings is 2. The van der Waals surface area contributed by atoms with Crippen molar-refractivity contribution in [1.29, 1.82) is 0 Å². The summed E-state index contributed by atoms with van der Waals surface area (Å²) in [5.41, 5.74) is 9.14. The number of rotatable bonds is 1. The number of hydrogen-bond donors (Lipinski definition) is 2. The SMILES string of the molecule is Nc1cc(Cl)cc2[nH]c(-c3ccc(I)cc3)nc12. The van der Waals surface area contributed by atoms with Crippen molar-refractivity contribution in [3.05, 3.63) is 45.0 Å². The highest BCUT2D eigenvalue weighted by Gasteiger charge is 2.08. The van der Waals surface area contributed by atoms with Gasteiger partial charge in [0.25, 0.3) is 0 Å². The van der Waals surface area contributed by atoms with Gasteiger partial charge in [0.15, 0.2) is 0 Å². The first-order valence-electron chi connectivity index (χ1n) is 5.34. The van der Waals surface area contributed by atoms with Gasteiger partial charge in [-0.1, -0.05) is 23.7 Å². The molecule has 3 nitrogen and oxygen atoms in total. The minimum absolute atomic E-state index is 0.588. The van der Waals surface area contributed by atoms with Crippen molar-refractivity contribution in [1.82, 2.24) is 9.97 Å². The number of nitrogen functional groups attached to an aromatic ring is 1. The number of nitrogens with two attached hydrogens (primary N) is 1. The van der Waals surface area contributed by atoms with Crippen LogP contribution >= 0.6 is 34.2 Å². The number of aromatic amines is 1. The molecule has 0 aliphatic carbocycles. The fraction of sp³-hybridized carbons (Fsp3) is 0. The molecular formula is C13H9ClIN3. The maximum atomic E-state index is 5.97. The van der Waals surface area contributed by atoms with Gasteiger partial charge in [0.2, 0.25) is 0 Å². The van der Waals surface area contributed by atoms with Crippen molar-refractivity contribution < 1.29 is 0 Å². The summed E-state index contributed by atoms with van der Waals surface area (Å²) in [6.07, 6.45) is 0. The number of hydrogen-bond acceptors (Lipinski definition) is 2. The first-order valence-corrected chi connectivity index (χ1v) is 6.80. The van der Waals surface area contributed by atoms with Crippen molar-refractivity contribution in [3.63, 3.8) is 0 Å². The minimum Gasteiger partial charge on any atom is -0.397 e. The predicted molar refractivity (Wildman–Crippen MR) is 83.7 cm³/mol. The third kappa shape index (κ3) is 2.06. The van der Waals surface area contributed by atoms with Crippen LogP contribution < -0.4 is 5.73 Å². The average Bonchev–Trinajstić information content (AvgIpc) is 2.74. The van der Waals surface area contributed by atoms with Crippen LogP contribution in [0.25, 0.3) is 22.4 Å². The van der Waals surface area contributed by atoms with Crippen LogP contribution in [0.5, 0.6) is 0 Å². The van der Waals surface area contributed by atoms with E-state index in [4.69, 9.17) is 17.3 Å². The number of nitrogens with zero attached hydrogens (tertiary/aromatic N) is 1. The summed E-state index contributed by atoms with van der Waals surface area (Å²) in [6.45, 7) is 0. The Labute approximate surface area is 123 Å². The fourth-order valence-electron chi connectivity index (χ4n) is 1.85. The summed E-state index contributed by atoms with van der Waals surface area (Å²) in [7, 11) is 0. The second-order valence-corrected chi connectivity index (χ2v) is 5.67. The maximum Gasteiger partial charge on any atom is 0.138 e. The van der Waals surface area contributed by atoms with Gasteiger partial charge < -0.3 is 10.7 Å². The van der Waals surface area contributed by atoms with E-state index in [2.05, 4.69) is 32.6 Å². The highest BCUT2D eigenvalue weighted by Crippen LogP contribution is 2.27. The predicted octanol–water partition coefficient (Wildman–Crippen LogP) is 4.07. The molecule has 0 saturated carbocycles. The van der Waals surface area contributed by atoms with E-state index in [1.165, 1.54) is 3.57 Å². The van der Waals surface area contributed by atoms with Gasteiger partial charge >= 0.3 is 0 Å². The molecule has 3 N–H and O–H groups in total. The Bertz CT molecular complexity index is 719. The van der Waals surface area contributed by atoms with Crippen molar-refractivity contribution in [3.8, 4) is 11.4 Å². The second-order valence-electron chi connectivity index (χ2n) is 3.98. The highest BCUT2D eigenvalue weighted by molar-refractivity contribution is 14.1. The summed E-state index contributed by atoms with van der Waals surface area (Å²) in [5.74, 6) is 0.801. The van der Waals surface area contributed by atoms with E-state index in [0.717, 1.165) is 22.4 Å². The molecule has 0 bridgehead atoms. The van der Waals surface area contributed by atoms with E-state index in [1.54, 1.807) is 6.07 Å². The van der Waals surface area contributed by atoms with E-state index in [1.807, 2.05) is 30.3 Å². The van der Waals surface area contributed by atoms with Crippen molar-refractivity contribution in [2.45, 2.75) is 0 Å². The number of fused-ring (bicyclic) bond motifs is 1. The topological polar surface area (TPSA) is 54.7 Å². The Morgan fingerprint density at radius 1 is 1.17 bits per heavy atom. The lowest BCUT2D eigenvalue weighted by Gasteiger charge is -1.95. The third-order valence-corrected chi connectivity index (χ3v) is 3.64. The molecule has 5 heteroatoms. The van der Waals surface area contributed by atoms with Gasteiger partial charge in [0.1, 0.15) is 11.3 Å². The van der Waals surface area contributed by atoms with E-state index in [0.29, 0.717) is 10.7 Å². The lowest BCUT2D eigenvalue weighted by atomic mass is 10.2. The average molecular weight is 370 g/mol. The zero-order valence-electron chi connectivity index (χ0n) is 9.24. The number of H-pyrrole nitrogens is 1. The molecule has 0 spiro atoms. The number of nitrogens with one attached hydrogen (secondary N) is 1. The van der Waals surface area contributed by atoms with Crippen molar-refractivity contribution >= 4 is 50.9 Å². The standard InChI is InChI=1S/C13H9ClIN3/c14-8-5-10(16)12-11(6-8)17-13(18-12)7-1-3-9(15)4-2-7/h1-6H,16H2,(H,17,18). The molecule has 18 heavy (non-hydrogen) atoms. The molecule has 0 atom stereocenters. The fourth-order valence-corrected chi connectivity index (χ4v) is 2.44. The molecule has 0 saturated heterocycles. The Hall–Kier alpha value is -1.27. The molecule has 0 unspecified atom stereocenters. The number of anilines is 1. The number of halogens is 2. The molecule has 0 aliphatic heterocycles. The molecule has 0 amide bonds.